The number of aliphatic hydroxyl groups excluding tert-OH is 1. The second-order valence-electron chi connectivity index (χ2n) is 6.23. The summed E-state index contributed by atoms with van der Waals surface area (Å²) >= 11 is 0. The zero-order valence-electron chi connectivity index (χ0n) is 12.5. The largest absolute Gasteiger partial charge is 0.491 e. The molecule has 3 rings (SSSR count). The molecular formula is C17H23NO3. The number of hydrogen-bond acceptors (Lipinski definition) is 4. The lowest BCUT2D eigenvalue weighted by molar-refractivity contribution is 0.101. The molecule has 3 atom stereocenters. The molecule has 21 heavy (non-hydrogen) atoms. The molecule has 4 nitrogen and oxygen atoms in total. The van der Waals surface area contributed by atoms with Crippen LogP contribution in [0, 0.1) is 11.8 Å². The van der Waals surface area contributed by atoms with E-state index in [0.717, 1.165) is 32.5 Å². The van der Waals surface area contributed by atoms with Crippen molar-refractivity contribution in [2.75, 3.05) is 26.2 Å². The van der Waals surface area contributed by atoms with E-state index in [9.17, 15) is 9.90 Å². The van der Waals surface area contributed by atoms with Gasteiger partial charge in [0.1, 0.15) is 12.4 Å². The molecule has 2 fully saturated rings. The Hall–Kier alpha value is -1.39. The average Bonchev–Trinajstić information content (AvgIpc) is 3.02. The molecule has 1 aliphatic heterocycles. The van der Waals surface area contributed by atoms with Gasteiger partial charge in [0.15, 0.2) is 5.78 Å². The highest BCUT2D eigenvalue weighted by molar-refractivity contribution is 5.96. The fourth-order valence-corrected chi connectivity index (χ4v) is 3.68. The number of carbonyl (C=O) groups is 1. The minimum Gasteiger partial charge on any atom is -0.491 e. The fraction of sp³-hybridized carbons (Fsp3) is 0.588. The number of ketones is 1. The van der Waals surface area contributed by atoms with E-state index in [1.807, 2.05) is 18.2 Å². The number of likely N-dealkylation sites (tertiary alicyclic amines) is 1. The number of fused-ring (bicyclic) bond motifs is 1. The van der Waals surface area contributed by atoms with Crippen LogP contribution in [0.15, 0.2) is 24.3 Å². The van der Waals surface area contributed by atoms with Crippen LogP contribution in [0.25, 0.3) is 0 Å². The normalized spacial score (nSPS) is 28.6. The summed E-state index contributed by atoms with van der Waals surface area (Å²) in [4.78, 5) is 13.9. The Balaban J connectivity index is 1.50. The van der Waals surface area contributed by atoms with E-state index in [1.54, 1.807) is 13.0 Å². The van der Waals surface area contributed by atoms with Gasteiger partial charge in [-0.1, -0.05) is 12.1 Å². The molecule has 3 unspecified atom stereocenters. The summed E-state index contributed by atoms with van der Waals surface area (Å²) in [7, 11) is 0. The molecule has 1 N–H and O–H groups in total. The summed E-state index contributed by atoms with van der Waals surface area (Å²) in [5.74, 6) is 1.81. The van der Waals surface area contributed by atoms with Crippen LogP contribution in [0.3, 0.4) is 0 Å². The lowest BCUT2D eigenvalue weighted by Gasteiger charge is -2.18. The predicted octanol–water partition coefficient (Wildman–Crippen LogP) is 1.97. The van der Waals surface area contributed by atoms with Gasteiger partial charge in [-0.05, 0) is 37.8 Å². The van der Waals surface area contributed by atoms with Crippen LogP contribution < -0.4 is 4.74 Å². The number of para-hydroxylation sites is 1. The number of benzene rings is 1. The Morgan fingerprint density at radius 2 is 2.14 bits per heavy atom. The number of rotatable bonds is 5. The quantitative estimate of drug-likeness (QED) is 0.842. The summed E-state index contributed by atoms with van der Waals surface area (Å²) in [6, 6.07) is 7.39. The van der Waals surface area contributed by atoms with E-state index < -0.39 is 0 Å². The maximum absolute atomic E-state index is 11.5. The van der Waals surface area contributed by atoms with Gasteiger partial charge in [0, 0.05) is 25.6 Å². The Kier molecular flexibility index (Phi) is 4.27. The van der Waals surface area contributed by atoms with Gasteiger partial charge in [0.25, 0.3) is 0 Å². The van der Waals surface area contributed by atoms with Crippen LogP contribution in [-0.4, -0.2) is 48.1 Å². The van der Waals surface area contributed by atoms with Gasteiger partial charge in [-0.25, -0.2) is 0 Å². The highest BCUT2D eigenvalue weighted by atomic mass is 16.5. The zero-order chi connectivity index (χ0) is 14.8. The SMILES string of the molecule is CC(=O)c1ccccc1OCCN1CC2CCC(O)C2C1. The molecular weight excluding hydrogens is 266 g/mol. The smallest absolute Gasteiger partial charge is 0.163 e. The van der Waals surface area contributed by atoms with E-state index in [0.29, 0.717) is 29.8 Å². The Morgan fingerprint density at radius 1 is 1.33 bits per heavy atom. The number of ether oxygens (including phenoxy) is 1. The standard InChI is InChI=1S/C17H23NO3/c1-12(19)14-4-2-3-5-17(14)21-9-8-18-10-13-6-7-16(20)15(13)11-18/h2-5,13,15-16,20H,6-11H2,1H3. The third-order valence-electron chi connectivity index (χ3n) is 4.83. The van der Waals surface area contributed by atoms with Crippen molar-refractivity contribution in [3.8, 4) is 5.75 Å². The summed E-state index contributed by atoms with van der Waals surface area (Å²) in [6.45, 7) is 5.04. The predicted molar refractivity (Wildman–Crippen MR) is 80.6 cm³/mol. The molecule has 4 heteroatoms. The highest BCUT2D eigenvalue weighted by Crippen LogP contribution is 2.37. The van der Waals surface area contributed by atoms with Crippen LogP contribution in [0.4, 0.5) is 0 Å². The second-order valence-corrected chi connectivity index (χ2v) is 6.23. The zero-order valence-corrected chi connectivity index (χ0v) is 12.5. The number of carbonyl (C=O) groups excluding carboxylic acids is 1. The van der Waals surface area contributed by atoms with Crippen LogP contribution in [0.5, 0.6) is 5.75 Å². The van der Waals surface area contributed by atoms with Crippen LogP contribution >= 0.6 is 0 Å². The third-order valence-corrected chi connectivity index (χ3v) is 4.83. The fourth-order valence-electron chi connectivity index (χ4n) is 3.68. The highest BCUT2D eigenvalue weighted by Gasteiger charge is 2.41. The van der Waals surface area contributed by atoms with Gasteiger partial charge >= 0.3 is 0 Å². The minimum atomic E-state index is -0.112. The monoisotopic (exact) mass is 289 g/mol. The molecule has 0 aromatic heterocycles. The van der Waals surface area contributed by atoms with Crippen molar-refractivity contribution < 1.29 is 14.6 Å². The Morgan fingerprint density at radius 3 is 2.90 bits per heavy atom. The Labute approximate surface area is 125 Å². The molecule has 0 bridgehead atoms. The van der Waals surface area contributed by atoms with Crippen molar-refractivity contribution in [3.63, 3.8) is 0 Å². The third kappa shape index (κ3) is 3.11. The van der Waals surface area contributed by atoms with Gasteiger partial charge in [-0.15, -0.1) is 0 Å². The van der Waals surface area contributed by atoms with E-state index >= 15 is 0 Å². The maximum Gasteiger partial charge on any atom is 0.163 e. The molecule has 1 saturated heterocycles. The van der Waals surface area contributed by atoms with E-state index in [1.165, 1.54) is 0 Å². The summed E-state index contributed by atoms with van der Waals surface area (Å²) in [5, 5.41) is 9.92. The number of hydrogen-bond donors (Lipinski definition) is 1. The topological polar surface area (TPSA) is 49.8 Å². The van der Waals surface area contributed by atoms with Gasteiger partial charge in [0.2, 0.25) is 0 Å². The van der Waals surface area contributed by atoms with Crippen molar-refractivity contribution in [2.24, 2.45) is 11.8 Å². The molecule has 1 saturated carbocycles. The average molecular weight is 289 g/mol. The first-order valence-corrected chi connectivity index (χ1v) is 7.78. The van der Waals surface area contributed by atoms with Crippen molar-refractivity contribution in [3.05, 3.63) is 29.8 Å². The van der Waals surface area contributed by atoms with Crippen LogP contribution in [0.2, 0.25) is 0 Å². The Bertz CT molecular complexity index is 517. The van der Waals surface area contributed by atoms with Crippen LogP contribution in [0.1, 0.15) is 30.1 Å². The molecule has 1 aliphatic carbocycles. The molecule has 114 valence electrons. The summed E-state index contributed by atoms with van der Waals surface area (Å²) < 4.78 is 5.78. The first-order chi connectivity index (χ1) is 10.1. The van der Waals surface area contributed by atoms with E-state index in [-0.39, 0.29) is 11.9 Å². The second kappa shape index (κ2) is 6.16. The number of nitrogens with zero attached hydrogens (tertiary/aromatic N) is 1. The molecule has 0 amide bonds. The van der Waals surface area contributed by atoms with Gasteiger partial charge in [-0.3, -0.25) is 9.69 Å². The van der Waals surface area contributed by atoms with Gasteiger partial charge < -0.3 is 9.84 Å². The lowest BCUT2D eigenvalue weighted by atomic mass is 10.00. The summed E-state index contributed by atoms with van der Waals surface area (Å²) in [6.07, 6.45) is 2.00. The summed E-state index contributed by atoms with van der Waals surface area (Å²) in [5.41, 5.74) is 0.645. The van der Waals surface area contributed by atoms with Gasteiger partial charge in [-0.2, -0.15) is 0 Å². The molecule has 1 heterocycles. The molecule has 1 aromatic rings. The lowest BCUT2D eigenvalue weighted by Crippen LogP contribution is -2.29. The van der Waals surface area contributed by atoms with Crippen molar-refractivity contribution in [2.45, 2.75) is 25.9 Å². The number of Topliss-reactive ketones (excluding diaryl/α,β-unsaturated/α-hetero) is 1. The van der Waals surface area contributed by atoms with E-state index in [4.69, 9.17) is 4.74 Å². The molecule has 0 spiro atoms. The van der Waals surface area contributed by atoms with E-state index in [2.05, 4.69) is 4.90 Å². The van der Waals surface area contributed by atoms with Crippen molar-refractivity contribution in [1.29, 1.82) is 0 Å². The van der Waals surface area contributed by atoms with Gasteiger partial charge in [0.05, 0.1) is 11.7 Å². The maximum atomic E-state index is 11.5. The number of aliphatic hydroxyl groups is 1. The van der Waals surface area contributed by atoms with Crippen molar-refractivity contribution >= 4 is 5.78 Å². The molecule has 1 aromatic carbocycles. The van der Waals surface area contributed by atoms with Crippen molar-refractivity contribution in [1.82, 2.24) is 4.90 Å². The first-order valence-electron chi connectivity index (χ1n) is 7.78. The molecule has 2 aliphatic rings. The first kappa shape index (κ1) is 14.5. The van der Waals surface area contributed by atoms with Crippen LogP contribution in [-0.2, 0) is 0 Å². The minimum absolute atomic E-state index is 0.0319. The molecule has 0 radical (unpaired) electrons.